The number of benzene rings is 1. The fourth-order valence-corrected chi connectivity index (χ4v) is 2.70. The van der Waals surface area contributed by atoms with Crippen LogP contribution in [0.5, 0.6) is 0 Å². The first kappa shape index (κ1) is 15.3. The summed E-state index contributed by atoms with van der Waals surface area (Å²) in [4.78, 5) is 23.4. The molecule has 5 nitrogen and oxygen atoms in total. The van der Waals surface area contributed by atoms with E-state index in [9.17, 15) is 19.1 Å². The molecule has 0 saturated heterocycles. The van der Waals surface area contributed by atoms with E-state index in [-0.39, 0.29) is 0 Å². The van der Waals surface area contributed by atoms with E-state index in [0.29, 0.717) is 18.5 Å². The number of urea groups is 1. The first-order valence-electron chi connectivity index (χ1n) is 6.90. The van der Waals surface area contributed by atoms with Gasteiger partial charge < -0.3 is 15.7 Å². The lowest BCUT2D eigenvalue weighted by Gasteiger charge is -2.27. The summed E-state index contributed by atoms with van der Waals surface area (Å²) >= 11 is 0. The molecule has 0 bridgehead atoms. The molecule has 2 unspecified atom stereocenters. The summed E-state index contributed by atoms with van der Waals surface area (Å²) in [5.41, 5.74) is 0.162. The third-order valence-corrected chi connectivity index (χ3v) is 4.20. The number of amides is 2. The maximum atomic E-state index is 13.2. The molecule has 1 aromatic rings. The minimum Gasteiger partial charge on any atom is -0.481 e. The molecule has 114 valence electrons. The van der Waals surface area contributed by atoms with Crippen molar-refractivity contribution in [2.45, 2.75) is 39.2 Å². The zero-order valence-corrected chi connectivity index (χ0v) is 12.1. The number of halogens is 1. The Morgan fingerprint density at radius 2 is 2.14 bits per heavy atom. The number of aryl methyl sites for hydroxylation is 1. The largest absolute Gasteiger partial charge is 0.481 e. The van der Waals surface area contributed by atoms with Gasteiger partial charge in [0.2, 0.25) is 0 Å². The Bertz CT molecular complexity index is 576. The van der Waals surface area contributed by atoms with Gasteiger partial charge >= 0.3 is 12.0 Å². The lowest BCUT2D eigenvalue weighted by Crippen LogP contribution is -2.48. The standard InChI is InChI=1S/C15H19FN2O3/c1-9-5-6-10(16)8-11(9)17-14(21)18-12-4-3-7-15(12,2)13(19)20/h5-6,8,12H,3-4,7H2,1-2H3,(H,19,20)(H2,17,18,21). The summed E-state index contributed by atoms with van der Waals surface area (Å²) in [6, 6.07) is 3.19. The van der Waals surface area contributed by atoms with E-state index in [1.165, 1.54) is 12.1 Å². The molecule has 2 atom stereocenters. The fraction of sp³-hybridized carbons (Fsp3) is 0.467. The van der Waals surface area contributed by atoms with Gasteiger partial charge in [0.05, 0.1) is 5.41 Å². The number of nitrogens with one attached hydrogen (secondary N) is 2. The van der Waals surface area contributed by atoms with E-state index in [2.05, 4.69) is 10.6 Å². The molecule has 1 aliphatic rings. The second-order valence-electron chi connectivity index (χ2n) is 5.73. The van der Waals surface area contributed by atoms with Crippen molar-refractivity contribution in [1.82, 2.24) is 5.32 Å². The molecule has 0 aliphatic heterocycles. The second kappa shape index (κ2) is 5.71. The van der Waals surface area contributed by atoms with Crippen molar-refractivity contribution in [3.8, 4) is 0 Å². The summed E-state index contributed by atoms with van der Waals surface area (Å²) in [5.74, 6) is -1.35. The molecule has 0 spiro atoms. The van der Waals surface area contributed by atoms with Crippen LogP contribution in [0.15, 0.2) is 18.2 Å². The van der Waals surface area contributed by atoms with Crippen molar-refractivity contribution in [3.63, 3.8) is 0 Å². The van der Waals surface area contributed by atoms with Gasteiger partial charge in [0.25, 0.3) is 0 Å². The SMILES string of the molecule is Cc1ccc(F)cc1NC(=O)NC1CCCC1(C)C(=O)O. The molecule has 0 radical (unpaired) electrons. The van der Waals surface area contributed by atoms with Gasteiger partial charge in [0, 0.05) is 11.7 Å². The van der Waals surface area contributed by atoms with Gasteiger partial charge in [-0.3, -0.25) is 4.79 Å². The van der Waals surface area contributed by atoms with Gasteiger partial charge in [-0.15, -0.1) is 0 Å². The van der Waals surface area contributed by atoms with Crippen molar-refractivity contribution >= 4 is 17.7 Å². The highest BCUT2D eigenvalue weighted by atomic mass is 19.1. The van der Waals surface area contributed by atoms with Crippen molar-refractivity contribution in [3.05, 3.63) is 29.6 Å². The van der Waals surface area contributed by atoms with E-state index in [1.807, 2.05) is 0 Å². The van der Waals surface area contributed by atoms with Crippen LogP contribution in [0, 0.1) is 18.2 Å². The lowest BCUT2D eigenvalue weighted by atomic mass is 9.85. The smallest absolute Gasteiger partial charge is 0.319 e. The topological polar surface area (TPSA) is 78.4 Å². The zero-order valence-electron chi connectivity index (χ0n) is 12.1. The summed E-state index contributed by atoms with van der Waals surface area (Å²) in [7, 11) is 0. The average molecular weight is 294 g/mol. The molecule has 0 aromatic heterocycles. The molecule has 1 fully saturated rings. The average Bonchev–Trinajstić information content (AvgIpc) is 2.77. The highest BCUT2D eigenvalue weighted by Gasteiger charge is 2.45. The molecule has 0 heterocycles. The zero-order chi connectivity index (χ0) is 15.6. The van der Waals surface area contributed by atoms with E-state index in [0.717, 1.165) is 12.0 Å². The number of rotatable bonds is 3. The van der Waals surface area contributed by atoms with Gasteiger partial charge in [-0.2, -0.15) is 0 Å². The predicted octanol–water partition coefficient (Wildman–Crippen LogP) is 2.90. The third kappa shape index (κ3) is 3.15. The molecular weight excluding hydrogens is 275 g/mol. The molecule has 1 aromatic carbocycles. The number of carboxylic acids is 1. The quantitative estimate of drug-likeness (QED) is 0.802. The van der Waals surface area contributed by atoms with Gasteiger partial charge in [-0.25, -0.2) is 9.18 Å². The molecule has 6 heteroatoms. The first-order valence-corrected chi connectivity index (χ1v) is 6.90. The van der Waals surface area contributed by atoms with Gasteiger partial charge in [0.15, 0.2) is 0 Å². The summed E-state index contributed by atoms with van der Waals surface area (Å²) in [6.45, 7) is 3.40. The van der Waals surface area contributed by atoms with E-state index in [4.69, 9.17) is 0 Å². The van der Waals surface area contributed by atoms with Gasteiger partial charge in [-0.1, -0.05) is 12.5 Å². The van der Waals surface area contributed by atoms with Gasteiger partial charge in [-0.05, 0) is 44.4 Å². The Labute approximate surface area is 122 Å². The summed E-state index contributed by atoms with van der Waals surface area (Å²) < 4.78 is 13.2. The monoisotopic (exact) mass is 294 g/mol. The number of carbonyl (C=O) groups is 2. The van der Waals surface area contributed by atoms with Crippen LogP contribution in [0.1, 0.15) is 31.7 Å². The highest BCUT2D eigenvalue weighted by molar-refractivity contribution is 5.91. The Morgan fingerprint density at radius 3 is 2.81 bits per heavy atom. The Hall–Kier alpha value is -2.11. The minimum absolute atomic E-state index is 0.377. The number of hydrogen-bond donors (Lipinski definition) is 3. The van der Waals surface area contributed by atoms with Crippen LogP contribution in [-0.4, -0.2) is 23.1 Å². The number of aliphatic carboxylic acids is 1. The van der Waals surface area contributed by atoms with Crippen LogP contribution < -0.4 is 10.6 Å². The van der Waals surface area contributed by atoms with Crippen molar-refractivity contribution in [1.29, 1.82) is 0 Å². The van der Waals surface area contributed by atoms with Crippen molar-refractivity contribution in [2.24, 2.45) is 5.41 Å². The van der Waals surface area contributed by atoms with Gasteiger partial charge in [0.1, 0.15) is 5.82 Å². The fourth-order valence-electron chi connectivity index (χ4n) is 2.70. The second-order valence-corrected chi connectivity index (χ2v) is 5.73. The predicted molar refractivity (Wildman–Crippen MR) is 76.7 cm³/mol. The maximum absolute atomic E-state index is 13.2. The first-order chi connectivity index (χ1) is 9.83. The third-order valence-electron chi connectivity index (χ3n) is 4.20. The van der Waals surface area contributed by atoms with Crippen LogP contribution in [0.25, 0.3) is 0 Å². The lowest BCUT2D eigenvalue weighted by molar-refractivity contribution is -0.148. The van der Waals surface area contributed by atoms with Crippen molar-refractivity contribution in [2.75, 3.05) is 5.32 Å². The molecule has 3 N–H and O–H groups in total. The van der Waals surface area contributed by atoms with Crippen LogP contribution in [-0.2, 0) is 4.79 Å². The summed E-state index contributed by atoms with van der Waals surface area (Å²) in [5, 5.41) is 14.6. The van der Waals surface area contributed by atoms with Crippen LogP contribution in [0.4, 0.5) is 14.9 Å². The van der Waals surface area contributed by atoms with Crippen molar-refractivity contribution < 1.29 is 19.1 Å². The van der Waals surface area contributed by atoms with E-state index in [1.54, 1.807) is 19.9 Å². The maximum Gasteiger partial charge on any atom is 0.319 e. The molecule has 1 saturated carbocycles. The van der Waals surface area contributed by atoms with Crippen LogP contribution >= 0.6 is 0 Å². The molecular formula is C15H19FN2O3. The normalized spacial score (nSPS) is 24.6. The van der Waals surface area contributed by atoms with Crippen LogP contribution in [0.3, 0.4) is 0 Å². The number of carbonyl (C=O) groups excluding carboxylic acids is 1. The summed E-state index contributed by atoms with van der Waals surface area (Å²) in [6.07, 6.45) is 1.91. The molecule has 1 aliphatic carbocycles. The number of hydrogen-bond acceptors (Lipinski definition) is 2. The molecule has 2 rings (SSSR count). The van der Waals surface area contributed by atoms with E-state index < -0.39 is 29.3 Å². The minimum atomic E-state index is -0.950. The highest BCUT2D eigenvalue weighted by Crippen LogP contribution is 2.38. The van der Waals surface area contributed by atoms with Crippen LogP contribution in [0.2, 0.25) is 0 Å². The Kier molecular flexibility index (Phi) is 4.16. The molecule has 2 amide bonds. The number of anilines is 1. The number of carboxylic acid groups (broad SMARTS) is 1. The Morgan fingerprint density at radius 1 is 1.43 bits per heavy atom. The molecule has 21 heavy (non-hydrogen) atoms. The Balaban J connectivity index is 2.05. The van der Waals surface area contributed by atoms with E-state index >= 15 is 0 Å².